The van der Waals surface area contributed by atoms with E-state index >= 15 is 0 Å². The summed E-state index contributed by atoms with van der Waals surface area (Å²) in [6, 6.07) is 5.62. The van der Waals surface area contributed by atoms with Crippen LogP contribution in [0.15, 0.2) is 23.0 Å². The van der Waals surface area contributed by atoms with Gasteiger partial charge in [-0.15, -0.1) is 0 Å². The number of rotatable bonds is 4. The van der Waals surface area contributed by atoms with E-state index in [0.717, 1.165) is 42.5 Å². The lowest BCUT2D eigenvalue weighted by atomic mass is 10.1. The standard InChI is InChI=1S/C15H20N2O/c1-4-5-6-9-17-14(18)8-7-13-10-11(2)12(3)16-15(13)17/h7-8,10H,4-6,9H2,1-3H3. The molecule has 0 amide bonds. The molecule has 2 aromatic rings. The second-order valence-corrected chi connectivity index (χ2v) is 4.83. The number of aromatic nitrogens is 2. The largest absolute Gasteiger partial charge is 0.293 e. The van der Waals surface area contributed by atoms with Gasteiger partial charge >= 0.3 is 0 Å². The quantitative estimate of drug-likeness (QED) is 0.774. The minimum Gasteiger partial charge on any atom is -0.293 e. The lowest BCUT2D eigenvalue weighted by molar-refractivity contribution is 0.598. The lowest BCUT2D eigenvalue weighted by Gasteiger charge is -2.10. The maximum Gasteiger partial charge on any atom is 0.252 e. The molecule has 18 heavy (non-hydrogen) atoms. The van der Waals surface area contributed by atoms with Crippen molar-refractivity contribution in [1.82, 2.24) is 9.55 Å². The first-order valence-corrected chi connectivity index (χ1v) is 6.61. The number of aryl methyl sites for hydroxylation is 3. The van der Waals surface area contributed by atoms with Crippen molar-refractivity contribution >= 4 is 11.0 Å². The SMILES string of the molecule is CCCCCn1c(=O)ccc2cc(C)c(C)nc21. The number of hydrogen-bond donors (Lipinski definition) is 0. The molecule has 0 unspecified atom stereocenters. The molecule has 0 spiro atoms. The summed E-state index contributed by atoms with van der Waals surface area (Å²) in [4.78, 5) is 16.5. The highest BCUT2D eigenvalue weighted by molar-refractivity contribution is 5.76. The van der Waals surface area contributed by atoms with Gasteiger partial charge in [0.05, 0.1) is 0 Å². The van der Waals surface area contributed by atoms with Gasteiger partial charge in [-0.3, -0.25) is 9.36 Å². The monoisotopic (exact) mass is 244 g/mol. The lowest BCUT2D eigenvalue weighted by Crippen LogP contribution is -2.20. The second-order valence-electron chi connectivity index (χ2n) is 4.83. The van der Waals surface area contributed by atoms with Gasteiger partial charge in [-0.2, -0.15) is 0 Å². The number of hydrogen-bond acceptors (Lipinski definition) is 2. The number of pyridine rings is 2. The maximum atomic E-state index is 11.9. The molecule has 0 atom stereocenters. The van der Waals surface area contributed by atoms with Crippen molar-refractivity contribution in [1.29, 1.82) is 0 Å². The topological polar surface area (TPSA) is 34.9 Å². The summed E-state index contributed by atoms with van der Waals surface area (Å²) < 4.78 is 1.80. The highest BCUT2D eigenvalue weighted by Crippen LogP contribution is 2.14. The summed E-state index contributed by atoms with van der Waals surface area (Å²) in [6.45, 7) is 6.97. The van der Waals surface area contributed by atoms with E-state index < -0.39 is 0 Å². The van der Waals surface area contributed by atoms with Gasteiger partial charge in [0.1, 0.15) is 5.65 Å². The Labute approximate surface area is 107 Å². The first-order chi connectivity index (χ1) is 8.63. The van der Waals surface area contributed by atoms with Gasteiger partial charge < -0.3 is 0 Å². The summed E-state index contributed by atoms with van der Waals surface area (Å²) >= 11 is 0. The Bertz CT molecular complexity index is 614. The van der Waals surface area contributed by atoms with E-state index in [1.807, 2.05) is 19.9 Å². The maximum absolute atomic E-state index is 11.9. The zero-order chi connectivity index (χ0) is 13.1. The molecule has 2 rings (SSSR count). The van der Waals surface area contributed by atoms with Crippen LogP contribution < -0.4 is 5.56 Å². The summed E-state index contributed by atoms with van der Waals surface area (Å²) in [7, 11) is 0. The second kappa shape index (κ2) is 5.34. The van der Waals surface area contributed by atoms with Crippen molar-refractivity contribution in [2.75, 3.05) is 0 Å². The van der Waals surface area contributed by atoms with Crippen molar-refractivity contribution in [3.63, 3.8) is 0 Å². The minimum absolute atomic E-state index is 0.0503. The molecule has 0 saturated carbocycles. The van der Waals surface area contributed by atoms with Crippen molar-refractivity contribution < 1.29 is 0 Å². The smallest absolute Gasteiger partial charge is 0.252 e. The van der Waals surface area contributed by atoms with Gasteiger partial charge in [-0.1, -0.05) is 19.8 Å². The fourth-order valence-corrected chi connectivity index (χ4v) is 2.14. The fraction of sp³-hybridized carbons (Fsp3) is 0.467. The fourth-order valence-electron chi connectivity index (χ4n) is 2.14. The highest BCUT2D eigenvalue weighted by atomic mass is 16.1. The Balaban J connectivity index is 2.52. The molecule has 0 N–H and O–H groups in total. The molecule has 0 saturated heterocycles. The van der Waals surface area contributed by atoms with Crippen LogP contribution in [0.5, 0.6) is 0 Å². The van der Waals surface area contributed by atoms with E-state index in [2.05, 4.69) is 18.0 Å². The van der Waals surface area contributed by atoms with E-state index in [4.69, 9.17) is 0 Å². The van der Waals surface area contributed by atoms with E-state index in [0.29, 0.717) is 0 Å². The van der Waals surface area contributed by atoms with Crippen LogP contribution in [0.2, 0.25) is 0 Å². The minimum atomic E-state index is 0.0503. The predicted octanol–water partition coefficient (Wildman–Crippen LogP) is 3.20. The van der Waals surface area contributed by atoms with E-state index in [-0.39, 0.29) is 5.56 Å². The molecule has 0 aliphatic carbocycles. The van der Waals surface area contributed by atoms with Crippen LogP contribution in [-0.2, 0) is 6.54 Å². The third-order valence-corrected chi connectivity index (χ3v) is 3.39. The molecule has 3 nitrogen and oxygen atoms in total. The molecule has 0 bridgehead atoms. The van der Waals surface area contributed by atoms with Crippen LogP contribution in [0.25, 0.3) is 11.0 Å². The Morgan fingerprint density at radius 1 is 1.22 bits per heavy atom. The normalized spacial score (nSPS) is 11.1. The molecule has 3 heteroatoms. The van der Waals surface area contributed by atoms with Crippen molar-refractivity contribution in [3.8, 4) is 0 Å². The Morgan fingerprint density at radius 2 is 2.00 bits per heavy atom. The van der Waals surface area contributed by atoms with Crippen LogP contribution in [0.1, 0.15) is 37.4 Å². The average Bonchev–Trinajstić information content (AvgIpc) is 2.35. The molecule has 96 valence electrons. The third-order valence-electron chi connectivity index (χ3n) is 3.39. The summed E-state index contributed by atoms with van der Waals surface area (Å²) in [6.07, 6.45) is 3.34. The van der Waals surface area contributed by atoms with Gasteiger partial charge in [0.15, 0.2) is 0 Å². The molecule has 2 heterocycles. The van der Waals surface area contributed by atoms with Crippen LogP contribution in [0, 0.1) is 13.8 Å². The van der Waals surface area contributed by atoms with Crippen molar-refractivity contribution in [2.24, 2.45) is 0 Å². The van der Waals surface area contributed by atoms with Gasteiger partial charge in [0.25, 0.3) is 5.56 Å². The Morgan fingerprint density at radius 3 is 2.72 bits per heavy atom. The van der Waals surface area contributed by atoms with E-state index in [1.54, 1.807) is 10.6 Å². The average molecular weight is 244 g/mol. The van der Waals surface area contributed by atoms with E-state index in [9.17, 15) is 4.79 Å². The molecule has 0 aliphatic rings. The van der Waals surface area contributed by atoms with Crippen molar-refractivity contribution in [2.45, 2.75) is 46.6 Å². The first kappa shape index (κ1) is 12.8. The molecule has 2 aromatic heterocycles. The molecular weight excluding hydrogens is 224 g/mol. The Kier molecular flexibility index (Phi) is 3.80. The highest BCUT2D eigenvalue weighted by Gasteiger charge is 2.06. The summed E-state index contributed by atoms with van der Waals surface area (Å²) in [5.41, 5.74) is 3.04. The molecular formula is C15H20N2O. The Hall–Kier alpha value is -1.64. The zero-order valence-electron chi connectivity index (χ0n) is 11.4. The summed E-state index contributed by atoms with van der Waals surface area (Å²) in [5.74, 6) is 0. The molecule has 0 radical (unpaired) electrons. The van der Waals surface area contributed by atoms with Gasteiger partial charge in [-0.05, 0) is 38.0 Å². The van der Waals surface area contributed by atoms with Gasteiger partial charge in [-0.25, -0.2) is 4.98 Å². The van der Waals surface area contributed by atoms with Gasteiger partial charge in [0.2, 0.25) is 0 Å². The van der Waals surface area contributed by atoms with Crippen LogP contribution in [0.3, 0.4) is 0 Å². The van der Waals surface area contributed by atoms with E-state index in [1.165, 1.54) is 5.56 Å². The van der Waals surface area contributed by atoms with Crippen LogP contribution in [0.4, 0.5) is 0 Å². The first-order valence-electron chi connectivity index (χ1n) is 6.61. The number of nitrogens with zero attached hydrogens (tertiary/aromatic N) is 2. The third kappa shape index (κ3) is 2.45. The number of unbranched alkanes of at least 4 members (excludes halogenated alkanes) is 2. The van der Waals surface area contributed by atoms with Crippen molar-refractivity contribution in [3.05, 3.63) is 39.8 Å². The van der Waals surface area contributed by atoms with Gasteiger partial charge in [0, 0.05) is 23.7 Å². The van der Waals surface area contributed by atoms with Crippen LogP contribution >= 0.6 is 0 Å². The molecule has 0 fully saturated rings. The number of fused-ring (bicyclic) bond motifs is 1. The van der Waals surface area contributed by atoms with Crippen LogP contribution in [-0.4, -0.2) is 9.55 Å². The molecule has 0 aromatic carbocycles. The summed E-state index contributed by atoms with van der Waals surface area (Å²) in [5, 5.41) is 1.05. The predicted molar refractivity (Wildman–Crippen MR) is 75.0 cm³/mol. The zero-order valence-corrected chi connectivity index (χ0v) is 11.4. The molecule has 0 aliphatic heterocycles.